The van der Waals surface area contributed by atoms with Gasteiger partial charge in [0.1, 0.15) is 17.1 Å². The molecular formula is C19H11ClF4N4O. The molecule has 0 unspecified atom stereocenters. The number of nitrogens with one attached hydrogen (secondary N) is 2. The van der Waals surface area contributed by atoms with Gasteiger partial charge < -0.3 is 15.0 Å². The minimum atomic E-state index is -4.57. The zero-order chi connectivity index (χ0) is 20.6. The van der Waals surface area contributed by atoms with Crippen LogP contribution >= 0.6 is 11.6 Å². The molecule has 0 saturated heterocycles. The maximum atomic E-state index is 13.5. The van der Waals surface area contributed by atoms with Gasteiger partial charge in [-0.2, -0.15) is 13.2 Å². The average molecular weight is 423 g/mol. The van der Waals surface area contributed by atoms with Crippen LogP contribution in [-0.4, -0.2) is 15.0 Å². The molecule has 29 heavy (non-hydrogen) atoms. The molecule has 2 aromatic heterocycles. The van der Waals surface area contributed by atoms with Crippen LogP contribution in [0.2, 0.25) is 5.02 Å². The van der Waals surface area contributed by atoms with Gasteiger partial charge in [-0.15, -0.1) is 0 Å². The Morgan fingerprint density at radius 2 is 1.83 bits per heavy atom. The maximum absolute atomic E-state index is 13.5. The van der Waals surface area contributed by atoms with Gasteiger partial charge in [-0.3, -0.25) is 0 Å². The molecule has 0 amide bonds. The highest BCUT2D eigenvalue weighted by molar-refractivity contribution is 6.31. The Labute approximate surface area is 166 Å². The van der Waals surface area contributed by atoms with Crippen molar-refractivity contribution in [2.75, 3.05) is 5.32 Å². The quantitative estimate of drug-likeness (QED) is 0.378. The summed E-state index contributed by atoms with van der Waals surface area (Å²) in [6.07, 6.45) is -3.36. The third-order valence-electron chi connectivity index (χ3n) is 3.93. The van der Waals surface area contributed by atoms with Crippen LogP contribution in [0.5, 0.6) is 11.6 Å². The first-order valence-electron chi connectivity index (χ1n) is 8.21. The van der Waals surface area contributed by atoms with Crippen molar-refractivity contribution in [3.63, 3.8) is 0 Å². The number of anilines is 2. The number of rotatable bonds is 4. The summed E-state index contributed by atoms with van der Waals surface area (Å²) >= 11 is 5.74. The number of alkyl halides is 3. The highest BCUT2D eigenvalue weighted by Crippen LogP contribution is 2.36. The smallest absolute Gasteiger partial charge is 0.421 e. The van der Waals surface area contributed by atoms with Crippen molar-refractivity contribution in [2.24, 2.45) is 0 Å². The van der Waals surface area contributed by atoms with E-state index < -0.39 is 23.4 Å². The van der Waals surface area contributed by atoms with E-state index in [9.17, 15) is 17.6 Å². The van der Waals surface area contributed by atoms with Crippen molar-refractivity contribution >= 4 is 34.3 Å². The van der Waals surface area contributed by atoms with Gasteiger partial charge in [0.15, 0.2) is 0 Å². The fourth-order valence-electron chi connectivity index (χ4n) is 2.61. The van der Waals surface area contributed by atoms with Gasteiger partial charge in [-0.25, -0.2) is 14.4 Å². The molecule has 4 aromatic rings. The molecule has 0 aliphatic rings. The molecular weight excluding hydrogens is 412 g/mol. The fraction of sp³-hybridized carbons (Fsp3) is 0.0526. The number of ether oxygens (including phenoxy) is 1. The van der Waals surface area contributed by atoms with E-state index in [-0.39, 0.29) is 10.8 Å². The van der Waals surface area contributed by atoms with E-state index in [0.29, 0.717) is 22.7 Å². The lowest BCUT2D eigenvalue weighted by Crippen LogP contribution is -2.08. The molecule has 0 saturated carbocycles. The van der Waals surface area contributed by atoms with Gasteiger partial charge in [0.25, 0.3) is 0 Å². The third-order valence-corrected chi connectivity index (χ3v) is 4.22. The molecule has 2 N–H and O–H groups in total. The molecule has 2 aromatic carbocycles. The number of imidazole rings is 1. The molecule has 0 radical (unpaired) electrons. The number of nitrogens with zero attached hydrogens (tertiary/aromatic N) is 2. The Balaban J connectivity index is 1.52. The second-order valence-electron chi connectivity index (χ2n) is 5.97. The summed E-state index contributed by atoms with van der Waals surface area (Å²) in [5.74, 6) is -0.571. The van der Waals surface area contributed by atoms with Gasteiger partial charge in [0.2, 0.25) is 11.8 Å². The second kappa shape index (κ2) is 7.25. The minimum absolute atomic E-state index is 0.0372. The van der Waals surface area contributed by atoms with Crippen LogP contribution in [0, 0.1) is 5.82 Å². The van der Waals surface area contributed by atoms with E-state index in [0.717, 1.165) is 6.07 Å². The monoisotopic (exact) mass is 422 g/mol. The van der Waals surface area contributed by atoms with Crippen molar-refractivity contribution in [3.05, 3.63) is 71.1 Å². The fourth-order valence-corrected chi connectivity index (χ4v) is 2.76. The van der Waals surface area contributed by atoms with Gasteiger partial charge in [0, 0.05) is 18.0 Å². The number of pyridine rings is 1. The van der Waals surface area contributed by atoms with Gasteiger partial charge in [0.05, 0.1) is 16.1 Å². The zero-order valence-corrected chi connectivity index (χ0v) is 15.1. The number of aromatic amines is 1. The number of hydrogen-bond acceptors (Lipinski definition) is 4. The molecule has 10 heteroatoms. The zero-order valence-electron chi connectivity index (χ0n) is 14.4. The first-order chi connectivity index (χ1) is 13.8. The summed E-state index contributed by atoms with van der Waals surface area (Å²) < 4.78 is 57.9. The van der Waals surface area contributed by atoms with Gasteiger partial charge in [-0.05, 0) is 42.5 Å². The molecule has 0 bridgehead atoms. The Hall–Kier alpha value is -3.33. The van der Waals surface area contributed by atoms with E-state index in [1.54, 1.807) is 12.1 Å². The number of halogens is 5. The summed E-state index contributed by atoms with van der Waals surface area (Å²) in [5, 5.41) is 2.94. The molecule has 0 aliphatic heterocycles. The third kappa shape index (κ3) is 4.09. The SMILES string of the molecule is Fc1cc2[nH]c(Nc3ccc(Oc4ncccc4C(F)(F)F)cc3)nc2cc1Cl. The van der Waals surface area contributed by atoms with Crippen LogP contribution < -0.4 is 10.1 Å². The highest BCUT2D eigenvalue weighted by atomic mass is 35.5. The summed E-state index contributed by atoms with van der Waals surface area (Å²) in [5.41, 5.74) is 0.563. The summed E-state index contributed by atoms with van der Waals surface area (Å²) in [7, 11) is 0. The predicted molar refractivity (Wildman–Crippen MR) is 100 cm³/mol. The first-order valence-corrected chi connectivity index (χ1v) is 8.59. The van der Waals surface area contributed by atoms with Crippen molar-refractivity contribution in [1.82, 2.24) is 15.0 Å². The highest BCUT2D eigenvalue weighted by Gasteiger charge is 2.35. The normalized spacial score (nSPS) is 11.6. The van der Waals surface area contributed by atoms with Gasteiger partial charge >= 0.3 is 6.18 Å². The average Bonchev–Trinajstić information content (AvgIpc) is 3.04. The van der Waals surface area contributed by atoms with Crippen molar-refractivity contribution in [2.45, 2.75) is 6.18 Å². The van der Waals surface area contributed by atoms with E-state index in [2.05, 4.69) is 20.3 Å². The van der Waals surface area contributed by atoms with E-state index in [4.69, 9.17) is 16.3 Å². The lowest BCUT2D eigenvalue weighted by molar-refractivity contribution is -0.138. The van der Waals surface area contributed by atoms with E-state index >= 15 is 0 Å². The van der Waals surface area contributed by atoms with Crippen LogP contribution in [0.4, 0.5) is 29.2 Å². The molecule has 0 aliphatic carbocycles. The number of aromatic nitrogens is 3. The molecule has 5 nitrogen and oxygen atoms in total. The minimum Gasteiger partial charge on any atom is -0.438 e. The van der Waals surface area contributed by atoms with Crippen LogP contribution in [0.1, 0.15) is 5.56 Å². The molecule has 4 rings (SSSR count). The molecule has 0 atom stereocenters. The number of benzene rings is 2. The van der Waals surface area contributed by atoms with Crippen molar-refractivity contribution in [1.29, 1.82) is 0 Å². The first kappa shape index (κ1) is 19.0. The number of H-pyrrole nitrogens is 1. The summed E-state index contributed by atoms with van der Waals surface area (Å²) in [4.78, 5) is 10.8. The topological polar surface area (TPSA) is 62.8 Å². The van der Waals surface area contributed by atoms with Crippen LogP contribution in [-0.2, 0) is 6.18 Å². The van der Waals surface area contributed by atoms with Crippen LogP contribution in [0.3, 0.4) is 0 Å². The number of fused-ring (bicyclic) bond motifs is 1. The molecule has 2 heterocycles. The number of hydrogen-bond donors (Lipinski definition) is 2. The molecule has 0 spiro atoms. The van der Waals surface area contributed by atoms with Crippen molar-refractivity contribution < 1.29 is 22.3 Å². The molecule has 148 valence electrons. The Morgan fingerprint density at radius 1 is 1.07 bits per heavy atom. The summed E-state index contributed by atoms with van der Waals surface area (Å²) in [6, 6.07) is 10.9. The van der Waals surface area contributed by atoms with Crippen LogP contribution in [0.25, 0.3) is 11.0 Å². The Bertz CT molecular complexity index is 1140. The van der Waals surface area contributed by atoms with Crippen LogP contribution in [0.15, 0.2) is 54.7 Å². The summed E-state index contributed by atoms with van der Waals surface area (Å²) in [6.45, 7) is 0. The lowest BCUT2D eigenvalue weighted by atomic mass is 10.2. The maximum Gasteiger partial charge on any atom is 0.421 e. The Kier molecular flexibility index (Phi) is 4.75. The Morgan fingerprint density at radius 3 is 2.55 bits per heavy atom. The largest absolute Gasteiger partial charge is 0.438 e. The standard InChI is InChI=1S/C19H11ClF4N4O/c20-13-8-15-16(9-14(13)21)28-18(27-15)26-10-3-5-11(6-4-10)29-17-12(19(22,23)24)2-1-7-25-17/h1-9H,(H2,26,27,28). The second-order valence-corrected chi connectivity index (χ2v) is 6.38. The van der Waals surface area contributed by atoms with E-state index in [1.165, 1.54) is 36.5 Å². The molecule has 0 fully saturated rings. The lowest BCUT2D eigenvalue weighted by Gasteiger charge is -2.12. The van der Waals surface area contributed by atoms with Crippen molar-refractivity contribution in [3.8, 4) is 11.6 Å². The predicted octanol–water partition coefficient (Wildman–Crippen LogP) is 6.31. The van der Waals surface area contributed by atoms with E-state index in [1.807, 2.05) is 0 Å². The van der Waals surface area contributed by atoms with Gasteiger partial charge in [-0.1, -0.05) is 11.6 Å².